The first kappa shape index (κ1) is 29.2. The maximum atomic E-state index is 13.5. The van der Waals surface area contributed by atoms with Crippen LogP contribution in [0, 0.1) is 0 Å². The van der Waals surface area contributed by atoms with Crippen molar-refractivity contribution in [1.29, 1.82) is 0 Å². The number of benzene rings is 3. The van der Waals surface area contributed by atoms with Crippen molar-refractivity contribution in [2.24, 2.45) is 0 Å². The second kappa shape index (κ2) is 13.6. The van der Waals surface area contributed by atoms with Gasteiger partial charge in [0.05, 0.1) is 19.8 Å². The summed E-state index contributed by atoms with van der Waals surface area (Å²) in [6, 6.07) is 19.9. The van der Waals surface area contributed by atoms with E-state index in [1.54, 1.807) is 29.2 Å². The number of fused-ring (bicyclic) bond motifs is 3. The van der Waals surface area contributed by atoms with Gasteiger partial charge < -0.3 is 24.7 Å². The molecular weight excluding hydrogens is 565 g/mol. The Kier molecular flexibility index (Phi) is 9.69. The van der Waals surface area contributed by atoms with Crippen molar-refractivity contribution in [3.05, 3.63) is 93.6 Å². The topological polar surface area (TPSA) is 98.3 Å². The Morgan fingerprint density at radius 2 is 1.61 bits per heavy atom. The molecule has 0 saturated carbocycles. The average molecular weight is 599 g/mol. The van der Waals surface area contributed by atoms with Gasteiger partial charge in [0.1, 0.15) is 17.5 Å². The standard InChI is InChI=1S/C31H33Cl2N3O5/c32-22-4-9-25(10-5-22)41-31(39)36-14-12-26-27-20-23(33)6-11-28(27)34-29(26)30(36)21-2-7-24(8-3-21)40-19-1-13-35(15-17-37)16-18-38/h2-11,20,30,34,37-38H,1,12-19H2/t30-/m0/s1. The van der Waals surface area contributed by atoms with Gasteiger partial charge in [-0.3, -0.25) is 9.80 Å². The van der Waals surface area contributed by atoms with E-state index in [9.17, 15) is 15.0 Å². The molecule has 0 aliphatic carbocycles. The van der Waals surface area contributed by atoms with E-state index < -0.39 is 12.1 Å². The molecule has 1 aliphatic heterocycles. The lowest BCUT2D eigenvalue weighted by Gasteiger charge is -2.35. The third-order valence-electron chi connectivity index (χ3n) is 7.26. The number of rotatable bonds is 11. The largest absolute Gasteiger partial charge is 0.494 e. The number of halogens is 2. The van der Waals surface area contributed by atoms with Crippen molar-refractivity contribution in [2.45, 2.75) is 18.9 Å². The van der Waals surface area contributed by atoms with E-state index >= 15 is 0 Å². The highest BCUT2D eigenvalue weighted by atomic mass is 35.5. The second-order valence-corrected chi connectivity index (χ2v) is 10.8. The van der Waals surface area contributed by atoms with E-state index in [0.717, 1.165) is 46.4 Å². The summed E-state index contributed by atoms with van der Waals surface area (Å²) >= 11 is 12.3. The zero-order chi connectivity index (χ0) is 28.8. The molecule has 0 bridgehead atoms. The fraction of sp³-hybridized carbons (Fsp3) is 0.323. The minimum Gasteiger partial charge on any atom is -0.494 e. The first-order valence-corrected chi connectivity index (χ1v) is 14.4. The molecule has 10 heteroatoms. The summed E-state index contributed by atoms with van der Waals surface area (Å²) in [4.78, 5) is 20.8. The molecule has 1 aliphatic rings. The molecule has 0 fully saturated rings. The van der Waals surface area contributed by atoms with Crippen LogP contribution in [0.1, 0.15) is 29.3 Å². The SMILES string of the molecule is O=C(Oc1ccc(Cl)cc1)N1CCc2c([nH]c3ccc(Cl)cc23)[C@@H]1c1ccc(OCCCN(CCO)CCO)cc1. The summed E-state index contributed by atoms with van der Waals surface area (Å²) in [5.41, 5.74) is 3.96. The lowest BCUT2D eigenvalue weighted by atomic mass is 9.92. The van der Waals surface area contributed by atoms with Gasteiger partial charge >= 0.3 is 6.09 Å². The normalized spacial score (nSPS) is 14.9. The van der Waals surface area contributed by atoms with E-state index in [2.05, 4.69) is 4.98 Å². The Morgan fingerprint density at radius 1 is 0.927 bits per heavy atom. The number of hydrogen-bond acceptors (Lipinski definition) is 6. The maximum Gasteiger partial charge on any atom is 0.416 e. The van der Waals surface area contributed by atoms with Gasteiger partial charge in [-0.2, -0.15) is 0 Å². The van der Waals surface area contributed by atoms with Gasteiger partial charge in [-0.25, -0.2) is 4.79 Å². The zero-order valence-electron chi connectivity index (χ0n) is 22.6. The number of carbonyl (C=O) groups excluding carboxylic acids is 1. The molecule has 4 aromatic rings. The van der Waals surface area contributed by atoms with Crippen LogP contribution < -0.4 is 9.47 Å². The Labute approximate surface area is 249 Å². The van der Waals surface area contributed by atoms with Crippen LogP contribution in [0.2, 0.25) is 10.0 Å². The van der Waals surface area contributed by atoms with Crippen LogP contribution in [-0.2, 0) is 6.42 Å². The van der Waals surface area contributed by atoms with Gasteiger partial charge in [0.25, 0.3) is 0 Å². The van der Waals surface area contributed by atoms with Gasteiger partial charge in [0.15, 0.2) is 0 Å². The van der Waals surface area contributed by atoms with Crippen LogP contribution in [0.3, 0.4) is 0 Å². The molecular formula is C31H33Cl2N3O5. The lowest BCUT2D eigenvalue weighted by Crippen LogP contribution is -2.42. The third kappa shape index (κ3) is 6.97. The van der Waals surface area contributed by atoms with Crippen molar-refractivity contribution in [2.75, 3.05) is 46.0 Å². The van der Waals surface area contributed by atoms with Gasteiger partial charge in [-0.1, -0.05) is 35.3 Å². The molecule has 1 atom stereocenters. The van der Waals surface area contributed by atoms with Crippen molar-refractivity contribution >= 4 is 40.2 Å². The third-order valence-corrected chi connectivity index (χ3v) is 7.75. The Hall–Kier alpha value is -3.27. The second-order valence-electron chi connectivity index (χ2n) is 9.93. The van der Waals surface area contributed by atoms with Crippen LogP contribution in [-0.4, -0.2) is 77.1 Å². The van der Waals surface area contributed by atoms with Crippen LogP contribution in [0.25, 0.3) is 10.9 Å². The number of hydrogen-bond donors (Lipinski definition) is 3. The number of ether oxygens (including phenoxy) is 2. The highest BCUT2D eigenvalue weighted by Crippen LogP contribution is 2.40. The predicted octanol–water partition coefficient (Wildman–Crippen LogP) is 5.68. The van der Waals surface area contributed by atoms with Crippen molar-refractivity contribution in [3.63, 3.8) is 0 Å². The summed E-state index contributed by atoms with van der Waals surface area (Å²) in [7, 11) is 0. The van der Waals surface area contributed by atoms with Crippen LogP contribution in [0.15, 0.2) is 66.7 Å². The number of aliphatic hydroxyl groups excluding tert-OH is 2. The lowest BCUT2D eigenvalue weighted by molar-refractivity contribution is 0.135. The minimum absolute atomic E-state index is 0.0544. The van der Waals surface area contributed by atoms with E-state index in [0.29, 0.717) is 48.5 Å². The average Bonchev–Trinajstić information content (AvgIpc) is 3.34. The van der Waals surface area contributed by atoms with Gasteiger partial charge in [0.2, 0.25) is 0 Å². The summed E-state index contributed by atoms with van der Waals surface area (Å²) in [6.45, 7) is 2.85. The first-order chi connectivity index (χ1) is 20.0. The molecule has 1 aromatic heterocycles. The van der Waals surface area contributed by atoms with E-state index in [-0.39, 0.29) is 13.2 Å². The summed E-state index contributed by atoms with van der Waals surface area (Å²) in [5, 5.41) is 20.7. The van der Waals surface area contributed by atoms with Crippen molar-refractivity contribution < 1.29 is 24.5 Å². The first-order valence-electron chi connectivity index (χ1n) is 13.7. The molecule has 0 radical (unpaired) electrons. The fourth-order valence-electron chi connectivity index (χ4n) is 5.31. The molecule has 5 rings (SSSR count). The number of H-pyrrole nitrogens is 1. The summed E-state index contributed by atoms with van der Waals surface area (Å²) in [5.74, 6) is 1.15. The molecule has 0 spiro atoms. The smallest absolute Gasteiger partial charge is 0.416 e. The number of nitrogens with one attached hydrogen (secondary N) is 1. The number of carbonyl (C=O) groups is 1. The number of aromatic amines is 1. The van der Waals surface area contributed by atoms with Crippen molar-refractivity contribution in [1.82, 2.24) is 14.8 Å². The summed E-state index contributed by atoms with van der Waals surface area (Å²) < 4.78 is 11.7. The van der Waals surface area contributed by atoms with Crippen LogP contribution >= 0.6 is 23.2 Å². The molecule has 0 saturated heterocycles. The molecule has 1 amide bonds. The minimum atomic E-state index is -0.449. The van der Waals surface area contributed by atoms with Gasteiger partial charge in [-0.05, 0) is 78.6 Å². The summed E-state index contributed by atoms with van der Waals surface area (Å²) in [6.07, 6.45) is 0.970. The molecule has 2 heterocycles. The Bertz CT molecular complexity index is 1450. The number of nitrogens with zero attached hydrogens (tertiary/aromatic N) is 2. The van der Waals surface area contributed by atoms with Crippen LogP contribution in [0.5, 0.6) is 11.5 Å². The highest BCUT2D eigenvalue weighted by Gasteiger charge is 2.35. The molecule has 216 valence electrons. The van der Waals surface area contributed by atoms with Crippen LogP contribution in [0.4, 0.5) is 4.79 Å². The number of aliphatic hydroxyl groups is 2. The monoisotopic (exact) mass is 597 g/mol. The van der Waals surface area contributed by atoms with Crippen molar-refractivity contribution in [3.8, 4) is 11.5 Å². The van der Waals surface area contributed by atoms with Gasteiger partial charge in [0, 0.05) is 52.8 Å². The zero-order valence-corrected chi connectivity index (χ0v) is 24.1. The molecule has 8 nitrogen and oxygen atoms in total. The highest BCUT2D eigenvalue weighted by molar-refractivity contribution is 6.31. The van der Waals surface area contributed by atoms with E-state index in [1.165, 1.54) is 0 Å². The quantitative estimate of drug-likeness (QED) is 0.192. The fourth-order valence-corrected chi connectivity index (χ4v) is 5.61. The number of aromatic nitrogens is 1. The maximum absolute atomic E-state index is 13.5. The molecule has 3 aromatic carbocycles. The molecule has 41 heavy (non-hydrogen) atoms. The number of amides is 1. The van der Waals surface area contributed by atoms with E-state index in [1.807, 2.05) is 47.4 Å². The Balaban J connectivity index is 1.36. The predicted molar refractivity (Wildman–Crippen MR) is 160 cm³/mol. The van der Waals surface area contributed by atoms with Gasteiger partial charge in [-0.15, -0.1) is 0 Å². The van der Waals surface area contributed by atoms with E-state index in [4.69, 9.17) is 32.7 Å². The molecule has 0 unspecified atom stereocenters. The Morgan fingerprint density at radius 3 is 2.32 bits per heavy atom. The molecule has 3 N–H and O–H groups in total.